The van der Waals surface area contributed by atoms with Gasteiger partial charge in [-0.05, 0) is 37.1 Å². The molecular weight excluding hydrogens is 388 g/mol. The van der Waals surface area contributed by atoms with Gasteiger partial charge in [-0.15, -0.1) is 11.3 Å². The van der Waals surface area contributed by atoms with Crippen LogP contribution < -0.4 is 5.32 Å². The lowest BCUT2D eigenvalue weighted by atomic mass is 10.0. The molecule has 0 aliphatic rings. The van der Waals surface area contributed by atoms with Gasteiger partial charge < -0.3 is 15.5 Å². The zero-order valence-electron chi connectivity index (χ0n) is 14.8. The molecule has 144 valence electrons. The lowest BCUT2D eigenvalue weighted by molar-refractivity contribution is 0.0699. The zero-order chi connectivity index (χ0) is 20.6. The number of carbonyl (C=O) groups is 2. The Kier molecular flexibility index (Phi) is 5.15. The van der Waals surface area contributed by atoms with Crippen LogP contribution in [0.3, 0.4) is 0 Å². The Labute approximate surface area is 162 Å². The maximum Gasteiger partial charge on any atom is 0.339 e. The van der Waals surface area contributed by atoms with E-state index in [-0.39, 0.29) is 38.6 Å². The van der Waals surface area contributed by atoms with Gasteiger partial charge in [-0.1, -0.05) is 18.2 Å². The van der Waals surface area contributed by atoms with Crippen molar-refractivity contribution in [2.45, 2.75) is 13.8 Å². The number of nitrogens with one attached hydrogen (secondary N) is 1. The summed E-state index contributed by atoms with van der Waals surface area (Å²) in [5.74, 6) is -4.59. The number of carboxylic acids is 1. The Hall–Kier alpha value is -3.26. The fraction of sp³-hybridized carbons (Fsp3) is 0.100. The fourth-order valence-electron chi connectivity index (χ4n) is 2.72. The number of halogens is 2. The average Bonchev–Trinajstić information content (AvgIpc) is 3.03. The summed E-state index contributed by atoms with van der Waals surface area (Å²) in [6, 6.07) is 7.07. The van der Waals surface area contributed by atoms with Crippen LogP contribution in [0.5, 0.6) is 5.75 Å². The summed E-state index contributed by atoms with van der Waals surface area (Å²) in [6.07, 6.45) is 0. The zero-order valence-corrected chi connectivity index (χ0v) is 15.7. The van der Waals surface area contributed by atoms with Crippen LogP contribution in [-0.2, 0) is 0 Å². The number of hydrogen-bond acceptors (Lipinski definition) is 4. The molecule has 0 radical (unpaired) electrons. The number of phenols is 1. The summed E-state index contributed by atoms with van der Waals surface area (Å²) in [5, 5.41) is 23.2. The topological polar surface area (TPSA) is 86.6 Å². The third-order valence-electron chi connectivity index (χ3n) is 4.20. The molecule has 2 aromatic carbocycles. The van der Waals surface area contributed by atoms with E-state index in [0.29, 0.717) is 0 Å². The minimum atomic E-state index is -1.40. The summed E-state index contributed by atoms with van der Waals surface area (Å²) in [5.41, 5.74) is 0.191. The molecule has 0 aliphatic carbocycles. The SMILES string of the molecule is Cc1ccc(C(=O)Nc2scc(-c3ccc(C)c(F)c3F)c2C(=O)O)c(O)c1. The molecule has 0 unspecified atom stereocenters. The molecule has 0 saturated heterocycles. The van der Waals surface area contributed by atoms with Gasteiger partial charge >= 0.3 is 5.97 Å². The Morgan fingerprint density at radius 2 is 1.75 bits per heavy atom. The fourth-order valence-corrected chi connectivity index (χ4v) is 3.67. The molecule has 0 aliphatic heterocycles. The van der Waals surface area contributed by atoms with Crippen LogP contribution in [0.2, 0.25) is 0 Å². The van der Waals surface area contributed by atoms with Gasteiger partial charge in [-0.2, -0.15) is 0 Å². The van der Waals surface area contributed by atoms with E-state index in [0.717, 1.165) is 16.9 Å². The molecule has 3 aromatic rings. The second-order valence-corrected chi connectivity index (χ2v) is 7.07. The van der Waals surface area contributed by atoms with Gasteiger partial charge in [0.25, 0.3) is 5.91 Å². The molecule has 0 atom stereocenters. The second-order valence-electron chi connectivity index (χ2n) is 6.19. The molecule has 3 N–H and O–H groups in total. The van der Waals surface area contributed by atoms with Crippen molar-refractivity contribution in [3.63, 3.8) is 0 Å². The molecule has 1 heterocycles. The van der Waals surface area contributed by atoms with Crippen molar-refractivity contribution in [3.05, 3.63) is 69.6 Å². The molecule has 5 nitrogen and oxygen atoms in total. The van der Waals surface area contributed by atoms with E-state index < -0.39 is 23.5 Å². The smallest absolute Gasteiger partial charge is 0.339 e. The molecule has 1 aromatic heterocycles. The highest BCUT2D eigenvalue weighted by Gasteiger charge is 2.25. The van der Waals surface area contributed by atoms with Crippen molar-refractivity contribution in [1.29, 1.82) is 0 Å². The second kappa shape index (κ2) is 7.40. The van der Waals surface area contributed by atoms with E-state index in [1.165, 1.54) is 36.6 Å². The van der Waals surface area contributed by atoms with E-state index in [9.17, 15) is 28.6 Å². The highest BCUT2D eigenvalue weighted by atomic mass is 32.1. The number of phenolic OH excluding ortho intramolecular Hbond substituents is 1. The number of aromatic carboxylic acids is 1. The van der Waals surface area contributed by atoms with Gasteiger partial charge in [0, 0.05) is 16.5 Å². The van der Waals surface area contributed by atoms with Gasteiger partial charge in [-0.3, -0.25) is 4.79 Å². The van der Waals surface area contributed by atoms with Gasteiger partial charge in [-0.25, -0.2) is 13.6 Å². The van der Waals surface area contributed by atoms with E-state index in [1.54, 1.807) is 13.0 Å². The molecule has 3 rings (SSSR count). The summed E-state index contributed by atoms with van der Waals surface area (Å²) in [4.78, 5) is 24.2. The molecule has 0 saturated carbocycles. The lowest BCUT2D eigenvalue weighted by Gasteiger charge is -2.09. The molecule has 0 fully saturated rings. The van der Waals surface area contributed by atoms with E-state index >= 15 is 0 Å². The van der Waals surface area contributed by atoms with Crippen LogP contribution in [0.25, 0.3) is 11.1 Å². The van der Waals surface area contributed by atoms with Crippen LogP contribution in [-0.4, -0.2) is 22.1 Å². The van der Waals surface area contributed by atoms with Crippen LogP contribution in [0.1, 0.15) is 31.8 Å². The number of rotatable bonds is 4. The first-order chi connectivity index (χ1) is 13.2. The first-order valence-corrected chi connectivity index (χ1v) is 8.99. The minimum absolute atomic E-state index is 0.0375. The molecule has 28 heavy (non-hydrogen) atoms. The van der Waals surface area contributed by atoms with Crippen LogP contribution in [0.4, 0.5) is 13.8 Å². The number of aromatic hydroxyl groups is 1. The molecule has 0 bridgehead atoms. The number of hydrogen-bond donors (Lipinski definition) is 3. The highest BCUT2D eigenvalue weighted by Crippen LogP contribution is 2.38. The van der Waals surface area contributed by atoms with Crippen LogP contribution in [0, 0.1) is 25.5 Å². The van der Waals surface area contributed by atoms with Gasteiger partial charge in [0.05, 0.1) is 5.56 Å². The molecule has 8 heteroatoms. The number of anilines is 1. The van der Waals surface area contributed by atoms with Crippen molar-refractivity contribution < 1.29 is 28.6 Å². The van der Waals surface area contributed by atoms with Crippen molar-refractivity contribution >= 4 is 28.2 Å². The van der Waals surface area contributed by atoms with Gasteiger partial charge in [0.2, 0.25) is 0 Å². The predicted molar refractivity (Wildman–Crippen MR) is 102 cm³/mol. The number of aryl methyl sites for hydroxylation is 2. The number of carboxylic acid groups (broad SMARTS) is 1. The predicted octanol–water partition coefficient (Wildman–Crippen LogP) is 4.97. The van der Waals surface area contributed by atoms with E-state index in [2.05, 4.69) is 5.32 Å². The Balaban J connectivity index is 2.04. The molecular formula is C20H15F2NO4S. The maximum absolute atomic E-state index is 14.3. The first kappa shape index (κ1) is 19.5. The number of carbonyl (C=O) groups excluding carboxylic acids is 1. The van der Waals surface area contributed by atoms with Crippen LogP contribution >= 0.6 is 11.3 Å². The molecule has 1 amide bonds. The minimum Gasteiger partial charge on any atom is -0.507 e. The average molecular weight is 403 g/mol. The first-order valence-electron chi connectivity index (χ1n) is 8.11. The molecule has 0 spiro atoms. The summed E-state index contributed by atoms with van der Waals surface area (Å²) < 4.78 is 28.2. The summed E-state index contributed by atoms with van der Waals surface area (Å²) in [6.45, 7) is 3.14. The summed E-state index contributed by atoms with van der Waals surface area (Å²) >= 11 is 0.867. The Morgan fingerprint density at radius 1 is 1.04 bits per heavy atom. The van der Waals surface area contributed by atoms with Crippen molar-refractivity contribution in [2.75, 3.05) is 5.32 Å². The van der Waals surface area contributed by atoms with Gasteiger partial charge in [0.15, 0.2) is 11.6 Å². The van der Waals surface area contributed by atoms with Crippen molar-refractivity contribution in [3.8, 4) is 16.9 Å². The third-order valence-corrected chi connectivity index (χ3v) is 5.09. The third kappa shape index (κ3) is 3.46. The largest absolute Gasteiger partial charge is 0.507 e. The van der Waals surface area contributed by atoms with Crippen molar-refractivity contribution in [1.82, 2.24) is 0 Å². The normalized spacial score (nSPS) is 10.7. The van der Waals surface area contributed by atoms with E-state index in [1.807, 2.05) is 0 Å². The van der Waals surface area contributed by atoms with Crippen molar-refractivity contribution in [2.24, 2.45) is 0 Å². The number of thiophene rings is 1. The quantitative estimate of drug-likeness (QED) is 0.574. The van der Waals surface area contributed by atoms with Gasteiger partial charge in [0.1, 0.15) is 16.3 Å². The number of benzene rings is 2. The monoisotopic (exact) mass is 403 g/mol. The highest BCUT2D eigenvalue weighted by molar-refractivity contribution is 7.15. The Bertz CT molecular complexity index is 1110. The van der Waals surface area contributed by atoms with E-state index in [4.69, 9.17) is 0 Å². The number of amides is 1. The Morgan fingerprint density at radius 3 is 2.39 bits per heavy atom. The maximum atomic E-state index is 14.3. The van der Waals surface area contributed by atoms with Crippen LogP contribution in [0.15, 0.2) is 35.7 Å². The summed E-state index contributed by atoms with van der Waals surface area (Å²) in [7, 11) is 0. The standard InChI is InChI=1S/C20H15F2NO4S/c1-9-3-5-12(14(24)7-9)18(25)23-19-15(20(26)27)13(8-28-19)11-6-4-10(2)16(21)17(11)22/h3-8,24H,1-2H3,(H,23,25)(H,26,27). The lowest BCUT2D eigenvalue weighted by Crippen LogP contribution is -2.14.